The summed E-state index contributed by atoms with van der Waals surface area (Å²) < 4.78 is 0. The summed E-state index contributed by atoms with van der Waals surface area (Å²) in [6.45, 7) is 8.63. The maximum atomic E-state index is 13.7. The van der Waals surface area contributed by atoms with Gasteiger partial charge in [-0.25, -0.2) is 4.98 Å². The fraction of sp³-hybridized carbons (Fsp3) is 0.419. The standard InChI is InChI=1S/C31H34N6O2/c1-19-17-36-11-12-37(18-28(36)35-20(19)2)30(39)22-13-25-23(5-8-33-29(25)34-16-22)21-3-4-24-26(14-21)31(15-27(24)38)6-9-32-10-7-31/h3-5,13-14,16-17,20,32H,6-12,15,18H2,1-2H3,(H,33,34). The van der Waals surface area contributed by atoms with Crippen LogP contribution in [-0.2, 0) is 5.41 Å². The van der Waals surface area contributed by atoms with Crippen LogP contribution in [0.15, 0.2) is 53.3 Å². The van der Waals surface area contributed by atoms with Crippen molar-refractivity contribution in [1.82, 2.24) is 20.1 Å². The van der Waals surface area contributed by atoms with E-state index in [0.29, 0.717) is 31.6 Å². The number of rotatable bonds is 2. The monoisotopic (exact) mass is 522 g/mol. The lowest BCUT2D eigenvalue weighted by Gasteiger charge is -2.38. The third kappa shape index (κ3) is 4.00. The Morgan fingerprint density at radius 1 is 1.13 bits per heavy atom. The number of Topliss-reactive ketones (excluding diaryl/α,β-unsaturated/α-hetero) is 1. The molecule has 1 unspecified atom stereocenters. The van der Waals surface area contributed by atoms with Gasteiger partial charge in [0.1, 0.15) is 11.7 Å². The van der Waals surface area contributed by atoms with Crippen LogP contribution in [0.3, 0.4) is 0 Å². The smallest absolute Gasteiger partial charge is 0.255 e. The number of piperidine rings is 1. The molecule has 2 aromatic rings. The summed E-state index contributed by atoms with van der Waals surface area (Å²) in [5.41, 5.74) is 6.90. The Bertz CT molecular complexity index is 1480. The van der Waals surface area contributed by atoms with Gasteiger partial charge in [0.2, 0.25) is 0 Å². The quantitative estimate of drug-likeness (QED) is 0.627. The van der Waals surface area contributed by atoms with E-state index in [9.17, 15) is 9.59 Å². The second-order valence-corrected chi connectivity index (χ2v) is 11.5. The first-order chi connectivity index (χ1) is 18.9. The molecule has 1 aromatic carbocycles. The molecule has 1 spiro atoms. The van der Waals surface area contributed by atoms with Crippen LogP contribution >= 0.6 is 0 Å². The van der Waals surface area contributed by atoms with E-state index in [1.54, 1.807) is 6.20 Å². The maximum Gasteiger partial charge on any atom is 0.255 e. The molecule has 0 radical (unpaired) electrons. The fourth-order valence-electron chi connectivity index (χ4n) is 6.79. The molecule has 5 heterocycles. The van der Waals surface area contributed by atoms with Gasteiger partial charge in [-0.3, -0.25) is 14.6 Å². The number of hydrogen-bond donors (Lipinski definition) is 2. The van der Waals surface area contributed by atoms with Crippen LogP contribution in [0.25, 0.3) is 5.57 Å². The molecule has 1 atom stereocenters. The Morgan fingerprint density at radius 3 is 2.82 bits per heavy atom. The number of aromatic nitrogens is 1. The summed E-state index contributed by atoms with van der Waals surface area (Å²) in [4.78, 5) is 40.1. The van der Waals surface area contributed by atoms with E-state index in [0.717, 1.165) is 66.4 Å². The highest BCUT2D eigenvalue weighted by Gasteiger charge is 2.44. The van der Waals surface area contributed by atoms with Gasteiger partial charge in [-0.1, -0.05) is 18.2 Å². The minimum absolute atomic E-state index is 0.0234. The zero-order chi connectivity index (χ0) is 26.7. The molecule has 39 heavy (non-hydrogen) atoms. The lowest BCUT2D eigenvalue weighted by molar-refractivity contribution is 0.0752. The lowest BCUT2D eigenvalue weighted by atomic mass is 9.73. The van der Waals surface area contributed by atoms with Crippen molar-refractivity contribution in [2.24, 2.45) is 4.99 Å². The highest BCUT2D eigenvalue weighted by molar-refractivity contribution is 6.03. The third-order valence-corrected chi connectivity index (χ3v) is 9.19. The first-order valence-corrected chi connectivity index (χ1v) is 14.1. The summed E-state index contributed by atoms with van der Waals surface area (Å²) in [6.07, 6.45) is 8.59. The van der Waals surface area contributed by atoms with Gasteiger partial charge < -0.3 is 20.4 Å². The average molecular weight is 523 g/mol. The van der Waals surface area contributed by atoms with Crippen LogP contribution in [0.1, 0.15) is 70.5 Å². The molecule has 2 fully saturated rings. The molecule has 8 heteroatoms. The summed E-state index contributed by atoms with van der Waals surface area (Å²) in [5, 5.41) is 6.81. The molecule has 2 saturated heterocycles. The van der Waals surface area contributed by atoms with Gasteiger partial charge in [0, 0.05) is 55.0 Å². The number of aliphatic imine (C=N–C) groups is 1. The van der Waals surface area contributed by atoms with E-state index in [2.05, 4.69) is 58.8 Å². The number of nitrogens with zero attached hydrogens (tertiary/aromatic N) is 4. The van der Waals surface area contributed by atoms with Crippen molar-refractivity contribution in [2.45, 2.75) is 44.6 Å². The number of benzene rings is 1. The van der Waals surface area contributed by atoms with E-state index in [1.165, 1.54) is 11.1 Å². The molecule has 4 aliphatic heterocycles. The van der Waals surface area contributed by atoms with Crippen LogP contribution in [0.5, 0.6) is 0 Å². The van der Waals surface area contributed by atoms with E-state index >= 15 is 0 Å². The highest BCUT2D eigenvalue weighted by atomic mass is 16.2. The number of nitrogens with one attached hydrogen (secondary N) is 2. The van der Waals surface area contributed by atoms with Gasteiger partial charge in [0.25, 0.3) is 5.91 Å². The predicted molar refractivity (Wildman–Crippen MR) is 152 cm³/mol. The number of ketones is 1. The number of anilines is 1. The van der Waals surface area contributed by atoms with E-state index < -0.39 is 0 Å². The molecule has 7 rings (SSSR count). The molecule has 5 aliphatic rings. The van der Waals surface area contributed by atoms with Crippen LogP contribution in [0.4, 0.5) is 5.82 Å². The molecule has 2 N–H and O–H groups in total. The normalized spacial score (nSPS) is 23.3. The van der Waals surface area contributed by atoms with Crippen molar-refractivity contribution in [3.8, 4) is 0 Å². The van der Waals surface area contributed by atoms with E-state index in [-0.39, 0.29) is 23.1 Å². The van der Waals surface area contributed by atoms with Gasteiger partial charge in [-0.15, -0.1) is 0 Å². The number of amides is 1. The molecular formula is C31H34N6O2. The minimum Gasteiger partial charge on any atom is -0.366 e. The van der Waals surface area contributed by atoms with Crippen molar-refractivity contribution in [2.75, 3.05) is 44.6 Å². The molecule has 8 nitrogen and oxygen atoms in total. The zero-order valence-electron chi connectivity index (χ0n) is 22.6. The Labute approximate surface area is 228 Å². The van der Waals surface area contributed by atoms with Crippen LogP contribution in [-0.4, -0.2) is 77.6 Å². The second-order valence-electron chi connectivity index (χ2n) is 11.5. The molecule has 200 valence electrons. The molecule has 1 aliphatic carbocycles. The number of carbonyl (C=O) groups is 2. The fourth-order valence-corrected chi connectivity index (χ4v) is 6.79. The Hall–Kier alpha value is -3.78. The molecule has 1 amide bonds. The summed E-state index contributed by atoms with van der Waals surface area (Å²) >= 11 is 0. The zero-order valence-corrected chi connectivity index (χ0v) is 22.6. The molecule has 0 bridgehead atoms. The van der Waals surface area contributed by atoms with Crippen LogP contribution in [0.2, 0.25) is 0 Å². The molecule has 0 saturated carbocycles. The number of carbonyl (C=O) groups excluding carboxylic acids is 2. The Kier molecular flexibility index (Phi) is 5.70. The van der Waals surface area contributed by atoms with E-state index in [1.807, 2.05) is 17.0 Å². The first-order valence-electron chi connectivity index (χ1n) is 14.1. The van der Waals surface area contributed by atoms with Crippen molar-refractivity contribution in [1.29, 1.82) is 0 Å². The number of amidine groups is 1. The Balaban J connectivity index is 1.19. The Morgan fingerprint density at radius 2 is 1.97 bits per heavy atom. The highest BCUT2D eigenvalue weighted by Crippen LogP contribution is 2.46. The summed E-state index contributed by atoms with van der Waals surface area (Å²) in [6, 6.07) is 8.42. The van der Waals surface area contributed by atoms with Gasteiger partial charge in [-0.2, -0.15) is 0 Å². The van der Waals surface area contributed by atoms with Crippen molar-refractivity contribution >= 4 is 28.9 Å². The van der Waals surface area contributed by atoms with Crippen LogP contribution < -0.4 is 10.6 Å². The van der Waals surface area contributed by atoms with Gasteiger partial charge >= 0.3 is 0 Å². The van der Waals surface area contributed by atoms with Crippen molar-refractivity contribution in [3.63, 3.8) is 0 Å². The molecule has 1 aromatic heterocycles. The van der Waals surface area contributed by atoms with Gasteiger partial charge in [-0.05, 0) is 74.2 Å². The lowest BCUT2D eigenvalue weighted by Crippen LogP contribution is -2.51. The molecular weight excluding hydrogens is 488 g/mol. The number of pyridine rings is 1. The van der Waals surface area contributed by atoms with Crippen molar-refractivity contribution < 1.29 is 9.59 Å². The van der Waals surface area contributed by atoms with Gasteiger partial charge in [0.15, 0.2) is 5.78 Å². The summed E-state index contributed by atoms with van der Waals surface area (Å²) in [7, 11) is 0. The SMILES string of the molecule is CC1=CN2CCN(C(=O)c3cnc4c(c3)C(c3ccc5c(c3)C3(CCNCC3)CC5=O)=CCN4)CC2=NC1C. The van der Waals surface area contributed by atoms with E-state index in [4.69, 9.17) is 4.99 Å². The minimum atomic E-state index is -0.0603. The first kappa shape index (κ1) is 24.3. The number of piperazine rings is 1. The largest absolute Gasteiger partial charge is 0.366 e. The van der Waals surface area contributed by atoms with Crippen molar-refractivity contribution in [3.05, 3.63) is 76.1 Å². The average Bonchev–Trinajstić information content (AvgIpc) is 3.22. The topological polar surface area (TPSA) is 89.9 Å². The summed E-state index contributed by atoms with van der Waals surface area (Å²) in [5.74, 6) is 1.97. The number of hydrogen-bond acceptors (Lipinski definition) is 7. The number of fused-ring (bicyclic) bond motifs is 4. The third-order valence-electron chi connectivity index (χ3n) is 9.19. The van der Waals surface area contributed by atoms with Crippen LogP contribution in [0, 0.1) is 0 Å². The predicted octanol–water partition coefficient (Wildman–Crippen LogP) is 3.61. The second kappa shape index (κ2) is 9.16. The maximum absolute atomic E-state index is 13.7. The van der Waals surface area contributed by atoms with Gasteiger partial charge in [0.05, 0.1) is 18.2 Å².